The maximum Gasteiger partial charge on any atom is 0.324 e. The number of hydrogen-bond donors (Lipinski definition) is 3. The molecule has 2 heterocycles. The van der Waals surface area contributed by atoms with Crippen LogP contribution in [-0.4, -0.2) is 86.2 Å². The van der Waals surface area contributed by atoms with E-state index in [1.165, 1.54) is 10.5 Å². The predicted octanol–water partition coefficient (Wildman–Crippen LogP) is 1.16. The highest BCUT2D eigenvalue weighted by Gasteiger charge is 2.27. The first-order valence-electron chi connectivity index (χ1n) is 11.6. The molecule has 0 spiro atoms. The number of likely N-dealkylation sites (tertiary alicyclic amines) is 1. The van der Waals surface area contributed by atoms with Crippen molar-refractivity contribution in [2.45, 2.75) is 38.8 Å². The van der Waals surface area contributed by atoms with Crippen molar-refractivity contribution in [2.75, 3.05) is 52.4 Å². The van der Waals surface area contributed by atoms with Gasteiger partial charge in [-0.3, -0.25) is 19.6 Å². The average molecular weight is 445 g/mol. The van der Waals surface area contributed by atoms with Crippen molar-refractivity contribution < 1.29 is 14.3 Å². The number of hydrogen-bond acceptors (Lipinski definition) is 5. The van der Waals surface area contributed by atoms with Gasteiger partial charge in [0.05, 0.1) is 12.6 Å². The fraction of sp³-hybridized carbons (Fsp3) is 0.609. The molecule has 0 atom stereocenters. The standard InChI is InChI=1S/C23H36N6O3/c1-2-24-22(26-12-15-29-21(30)17-27-23(29)31)25-11-6-16-32-20-9-13-28(14-10-20)18-19-7-4-3-5-8-19/h3-5,7-8,20H,2,6,9-18H2,1H3,(H,27,31)(H2,24,25,26). The fourth-order valence-electron chi connectivity index (χ4n) is 3.89. The summed E-state index contributed by atoms with van der Waals surface area (Å²) in [6.45, 7) is 8.13. The zero-order chi connectivity index (χ0) is 22.6. The minimum Gasteiger partial charge on any atom is -0.378 e. The lowest BCUT2D eigenvalue weighted by Gasteiger charge is -2.31. The lowest BCUT2D eigenvalue weighted by atomic mass is 10.1. The zero-order valence-electron chi connectivity index (χ0n) is 19.0. The predicted molar refractivity (Wildman–Crippen MR) is 124 cm³/mol. The molecule has 9 heteroatoms. The van der Waals surface area contributed by atoms with Crippen molar-refractivity contribution >= 4 is 17.9 Å². The highest BCUT2D eigenvalue weighted by atomic mass is 16.5. The Balaban J connectivity index is 1.27. The summed E-state index contributed by atoms with van der Waals surface area (Å²) in [5.41, 5.74) is 1.37. The van der Waals surface area contributed by atoms with Crippen LogP contribution in [0.25, 0.3) is 0 Å². The molecule has 2 saturated heterocycles. The second-order valence-electron chi connectivity index (χ2n) is 8.08. The van der Waals surface area contributed by atoms with E-state index < -0.39 is 0 Å². The third-order valence-electron chi connectivity index (χ3n) is 5.62. The van der Waals surface area contributed by atoms with E-state index in [0.717, 1.165) is 45.4 Å². The monoisotopic (exact) mass is 444 g/mol. The van der Waals surface area contributed by atoms with Crippen LogP contribution in [0.15, 0.2) is 35.3 Å². The summed E-state index contributed by atoms with van der Waals surface area (Å²) < 4.78 is 6.07. The Morgan fingerprint density at radius 3 is 2.66 bits per heavy atom. The molecule has 3 amide bonds. The van der Waals surface area contributed by atoms with Gasteiger partial charge in [0, 0.05) is 52.4 Å². The van der Waals surface area contributed by atoms with Crippen molar-refractivity contribution in [3.63, 3.8) is 0 Å². The Bertz CT molecular complexity index is 733. The topological polar surface area (TPSA) is 98.3 Å². The van der Waals surface area contributed by atoms with Crippen molar-refractivity contribution in [3.8, 4) is 0 Å². The quantitative estimate of drug-likeness (QED) is 0.205. The van der Waals surface area contributed by atoms with Gasteiger partial charge >= 0.3 is 6.03 Å². The lowest BCUT2D eigenvalue weighted by Crippen LogP contribution is -2.43. The SMILES string of the molecule is CCNC(=NCCCOC1CCN(Cc2ccccc2)CC1)NCCN1C(=O)CNC1=O. The van der Waals surface area contributed by atoms with Gasteiger partial charge in [-0.25, -0.2) is 4.79 Å². The molecule has 3 N–H and O–H groups in total. The Labute approximate surface area is 190 Å². The summed E-state index contributed by atoms with van der Waals surface area (Å²) in [6, 6.07) is 10.3. The van der Waals surface area contributed by atoms with Gasteiger partial charge in [0.2, 0.25) is 5.91 Å². The van der Waals surface area contributed by atoms with Gasteiger partial charge in [0.15, 0.2) is 5.96 Å². The molecule has 0 aliphatic carbocycles. The molecule has 1 aromatic rings. The summed E-state index contributed by atoms with van der Waals surface area (Å²) in [7, 11) is 0. The van der Waals surface area contributed by atoms with E-state index in [2.05, 4.69) is 56.2 Å². The number of nitrogens with one attached hydrogen (secondary N) is 3. The number of aliphatic imine (C=N–C) groups is 1. The summed E-state index contributed by atoms with van der Waals surface area (Å²) in [5, 5.41) is 8.87. The van der Waals surface area contributed by atoms with E-state index in [4.69, 9.17) is 4.74 Å². The van der Waals surface area contributed by atoms with Crippen molar-refractivity contribution in [1.82, 2.24) is 25.8 Å². The maximum absolute atomic E-state index is 11.6. The van der Waals surface area contributed by atoms with E-state index >= 15 is 0 Å². The Hall–Kier alpha value is -2.65. The maximum atomic E-state index is 11.6. The number of nitrogens with zero attached hydrogens (tertiary/aromatic N) is 3. The number of urea groups is 1. The molecule has 0 radical (unpaired) electrons. The van der Waals surface area contributed by atoms with Crippen LogP contribution < -0.4 is 16.0 Å². The van der Waals surface area contributed by atoms with Crippen LogP contribution in [0, 0.1) is 0 Å². The molecule has 3 rings (SSSR count). The van der Waals surface area contributed by atoms with E-state index in [0.29, 0.717) is 38.3 Å². The van der Waals surface area contributed by atoms with Gasteiger partial charge < -0.3 is 20.7 Å². The van der Waals surface area contributed by atoms with Crippen LogP contribution in [0.2, 0.25) is 0 Å². The minimum atomic E-state index is -0.332. The van der Waals surface area contributed by atoms with Gasteiger partial charge in [-0.05, 0) is 31.7 Å². The first-order chi connectivity index (χ1) is 15.7. The van der Waals surface area contributed by atoms with E-state index in [9.17, 15) is 9.59 Å². The van der Waals surface area contributed by atoms with Crippen LogP contribution in [0.1, 0.15) is 31.7 Å². The third kappa shape index (κ3) is 7.80. The molecule has 0 bridgehead atoms. The Morgan fingerprint density at radius 2 is 1.97 bits per heavy atom. The van der Waals surface area contributed by atoms with Crippen LogP contribution in [0.4, 0.5) is 4.79 Å². The molecule has 0 unspecified atom stereocenters. The van der Waals surface area contributed by atoms with Crippen molar-refractivity contribution in [2.24, 2.45) is 4.99 Å². The number of amides is 3. The van der Waals surface area contributed by atoms with Crippen molar-refractivity contribution in [1.29, 1.82) is 0 Å². The largest absolute Gasteiger partial charge is 0.378 e. The third-order valence-corrected chi connectivity index (χ3v) is 5.62. The van der Waals surface area contributed by atoms with Crippen LogP contribution in [0.3, 0.4) is 0 Å². The molecular weight excluding hydrogens is 408 g/mol. The number of carbonyl (C=O) groups excluding carboxylic acids is 2. The fourth-order valence-corrected chi connectivity index (χ4v) is 3.89. The second-order valence-corrected chi connectivity index (χ2v) is 8.08. The lowest BCUT2D eigenvalue weighted by molar-refractivity contribution is -0.124. The summed E-state index contributed by atoms with van der Waals surface area (Å²) in [6.07, 6.45) is 3.33. The van der Waals surface area contributed by atoms with Crippen LogP contribution in [-0.2, 0) is 16.1 Å². The number of piperidine rings is 1. The molecule has 0 aromatic heterocycles. The number of carbonyl (C=O) groups is 2. The molecule has 32 heavy (non-hydrogen) atoms. The van der Waals surface area contributed by atoms with E-state index in [1.54, 1.807) is 0 Å². The van der Waals surface area contributed by atoms with E-state index in [-0.39, 0.29) is 18.5 Å². The van der Waals surface area contributed by atoms with Gasteiger partial charge in [-0.15, -0.1) is 0 Å². The van der Waals surface area contributed by atoms with Gasteiger partial charge in [0.1, 0.15) is 0 Å². The number of benzene rings is 1. The first-order valence-corrected chi connectivity index (χ1v) is 11.6. The van der Waals surface area contributed by atoms with E-state index in [1.807, 2.05) is 6.92 Å². The molecule has 2 aliphatic rings. The second kappa shape index (κ2) is 13.0. The molecule has 9 nitrogen and oxygen atoms in total. The highest BCUT2D eigenvalue weighted by Crippen LogP contribution is 2.16. The highest BCUT2D eigenvalue weighted by molar-refractivity contribution is 6.01. The number of imide groups is 1. The number of ether oxygens (including phenoxy) is 1. The molecule has 1 aromatic carbocycles. The zero-order valence-corrected chi connectivity index (χ0v) is 19.0. The normalized spacial score (nSPS) is 18.2. The van der Waals surface area contributed by atoms with Gasteiger partial charge in [-0.1, -0.05) is 30.3 Å². The van der Waals surface area contributed by atoms with Gasteiger partial charge in [0.25, 0.3) is 0 Å². The Kier molecular flexibility index (Phi) is 9.77. The van der Waals surface area contributed by atoms with Crippen LogP contribution >= 0.6 is 0 Å². The summed E-state index contributed by atoms with van der Waals surface area (Å²) in [5.74, 6) is 0.496. The molecule has 0 saturated carbocycles. The molecular formula is C23H36N6O3. The molecule has 2 fully saturated rings. The smallest absolute Gasteiger partial charge is 0.324 e. The molecule has 176 valence electrons. The van der Waals surface area contributed by atoms with Crippen LogP contribution in [0.5, 0.6) is 0 Å². The average Bonchev–Trinajstić information content (AvgIpc) is 3.13. The van der Waals surface area contributed by atoms with Gasteiger partial charge in [-0.2, -0.15) is 0 Å². The Morgan fingerprint density at radius 1 is 1.19 bits per heavy atom. The summed E-state index contributed by atoms with van der Waals surface area (Å²) >= 11 is 0. The number of rotatable bonds is 11. The molecule has 2 aliphatic heterocycles. The van der Waals surface area contributed by atoms with Crippen molar-refractivity contribution in [3.05, 3.63) is 35.9 Å². The number of guanidine groups is 1. The minimum absolute atomic E-state index is 0.0824. The first kappa shape index (κ1) is 24.0. The summed E-state index contributed by atoms with van der Waals surface area (Å²) in [4.78, 5) is 31.4.